The molecule has 0 atom stereocenters. The lowest BCUT2D eigenvalue weighted by Crippen LogP contribution is -2.48. The van der Waals surface area contributed by atoms with E-state index in [0.29, 0.717) is 11.4 Å². The van der Waals surface area contributed by atoms with Crippen LogP contribution in [-0.4, -0.2) is 0 Å². The maximum absolute atomic E-state index is 9.30. The van der Waals surface area contributed by atoms with E-state index >= 15 is 0 Å². The quantitative estimate of drug-likeness (QED) is 0.822. The molecule has 4 bridgehead atoms. The Morgan fingerprint density at radius 2 is 1.72 bits per heavy atom. The summed E-state index contributed by atoms with van der Waals surface area (Å²) < 4.78 is 5.33. The smallest absolute Gasteiger partial charge is 0.208 e. The Kier molecular flexibility index (Phi) is 1.93. The van der Waals surface area contributed by atoms with Crippen LogP contribution in [0.3, 0.4) is 0 Å². The lowest BCUT2D eigenvalue weighted by Gasteiger charge is -2.56. The summed E-state index contributed by atoms with van der Waals surface area (Å²) in [4.78, 5) is 0. The molecule has 0 saturated heterocycles. The minimum atomic E-state index is 0.209. The summed E-state index contributed by atoms with van der Waals surface area (Å²) in [6.45, 7) is 0. The number of rotatable bonds is 1. The van der Waals surface area contributed by atoms with Crippen molar-refractivity contribution in [3.8, 4) is 6.07 Å². The lowest BCUT2D eigenvalue weighted by molar-refractivity contribution is -0.00553. The van der Waals surface area contributed by atoms with Crippen LogP contribution in [0.5, 0.6) is 0 Å². The molecule has 3 nitrogen and oxygen atoms in total. The Bertz CT molecular complexity index is 502. The minimum Gasteiger partial charge on any atom is -0.447 e. The van der Waals surface area contributed by atoms with E-state index in [1.807, 2.05) is 0 Å². The Hall–Kier alpha value is -1.43. The largest absolute Gasteiger partial charge is 0.447 e. The summed E-state index contributed by atoms with van der Waals surface area (Å²) in [6, 6.07) is 2.25. The molecule has 4 aliphatic rings. The average molecular weight is 242 g/mol. The molecule has 94 valence electrons. The fourth-order valence-corrected chi connectivity index (χ4v) is 5.32. The normalized spacial score (nSPS) is 40.9. The van der Waals surface area contributed by atoms with Crippen molar-refractivity contribution < 1.29 is 4.42 Å². The summed E-state index contributed by atoms with van der Waals surface area (Å²) in [5.74, 6) is 2.93. The molecular weight excluding hydrogens is 224 g/mol. The number of hydrogen-bond acceptors (Lipinski definition) is 3. The predicted molar refractivity (Wildman–Crippen MR) is 67.7 cm³/mol. The maximum atomic E-state index is 9.30. The Labute approximate surface area is 107 Å². The molecule has 18 heavy (non-hydrogen) atoms. The number of furan rings is 1. The third-order valence-corrected chi connectivity index (χ3v) is 5.54. The number of nitriles is 1. The zero-order valence-corrected chi connectivity index (χ0v) is 10.5. The van der Waals surface area contributed by atoms with Crippen LogP contribution in [0.2, 0.25) is 0 Å². The molecule has 2 N–H and O–H groups in total. The molecule has 0 amide bonds. The highest BCUT2D eigenvalue weighted by Crippen LogP contribution is 2.61. The van der Waals surface area contributed by atoms with Crippen molar-refractivity contribution in [2.24, 2.45) is 17.8 Å². The first kappa shape index (κ1) is 10.5. The Morgan fingerprint density at radius 3 is 2.22 bits per heavy atom. The van der Waals surface area contributed by atoms with Gasteiger partial charge in [0.25, 0.3) is 0 Å². The van der Waals surface area contributed by atoms with Crippen molar-refractivity contribution >= 4 is 5.88 Å². The SMILES string of the molecule is N#Cc1c(C23CC4CC(CC(C4)C2)C3)coc1N. The number of nitrogens with zero attached hydrogens (tertiary/aromatic N) is 1. The summed E-state index contributed by atoms with van der Waals surface area (Å²) in [5.41, 5.74) is 7.71. The van der Waals surface area contributed by atoms with Gasteiger partial charge in [-0.05, 0) is 56.3 Å². The highest BCUT2D eigenvalue weighted by molar-refractivity contribution is 5.54. The molecule has 0 aliphatic heterocycles. The molecule has 4 aliphatic carbocycles. The zero-order valence-electron chi connectivity index (χ0n) is 10.5. The van der Waals surface area contributed by atoms with Crippen molar-refractivity contribution in [2.45, 2.75) is 43.9 Å². The second-order valence-corrected chi connectivity index (χ2v) is 6.70. The van der Waals surface area contributed by atoms with Crippen LogP contribution in [-0.2, 0) is 5.41 Å². The van der Waals surface area contributed by atoms with E-state index in [0.717, 1.165) is 23.3 Å². The van der Waals surface area contributed by atoms with E-state index in [2.05, 4.69) is 6.07 Å². The fourth-order valence-electron chi connectivity index (χ4n) is 5.32. The van der Waals surface area contributed by atoms with Gasteiger partial charge in [-0.1, -0.05) is 0 Å². The van der Waals surface area contributed by atoms with Crippen molar-refractivity contribution in [2.75, 3.05) is 5.73 Å². The number of nitrogens with two attached hydrogens (primary N) is 1. The standard InChI is InChI=1S/C15H18N2O/c16-7-12-13(8-18-14(12)17)15-4-9-1-10(5-15)3-11(2-9)6-15/h8-11H,1-6,17H2. The van der Waals surface area contributed by atoms with Gasteiger partial charge in [0.05, 0.1) is 6.26 Å². The first-order valence-electron chi connectivity index (χ1n) is 6.98. The van der Waals surface area contributed by atoms with E-state index < -0.39 is 0 Å². The summed E-state index contributed by atoms with van der Waals surface area (Å²) in [6.07, 6.45) is 9.73. The van der Waals surface area contributed by atoms with Gasteiger partial charge in [-0.2, -0.15) is 5.26 Å². The van der Waals surface area contributed by atoms with Crippen LogP contribution < -0.4 is 5.73 Å². The molecule has 0 spiro atoms. The topological polar surface area (TPSA) is 63.0 Å². The Balaban J connectivity index is 1.82. The molecule has 0 aromatic carbocycles. The summed E-state index contributed by atoms with van der Waals surface area (Å²) in [5, 5.41) is 9.30. The van der Waals surface area contributed by atoms with Crippen molar-refractivity contribution in [3.63, 3.8) is 0 Å². The van der Waals surface area contributed by atoms with Crippen LogP contribution in [0, 0.1) is 29.1 Å². The van der Waals surface area contributed by atoms with E-state index in [9.17, 15) is 5.26 Å². The van der Waals surface area contributed by atoms with E-state index in [4.69, 9.17) is 10.2 Å². The van der Waals surface area contributed by atoms with Crippen molar-refractivity contribution in [1.29, 1.82) is 5.26 Å². The van der Waals surface area contributed by atoms with Gasteiger partial charge < -0.3 is 10.2 Å². The first-order chi connectivity index (χ1) is 8.70. The highest BCUT2D eigenvalue weighted by atomic mass is 16.3. The molecule has 3 heteroatoms. The third-order valence-electron chi connectivity index (χ3n) is 5.54. The molecule has 1 heterocycles. The van der Waals surface area contributed by atoms with Gasteiger partial charge in [0, 0.05) is 11.0 Å². The number of nitrogen functional groups attached to an aromatic ring is 1. The van der Waals surface area contributed by atoms with E-state index in [-0.39, 0.29) is 5.41 Å². The molecule has 1 aromatic rings. The van der Waals surface area contributed by atoms with Gasteiger partial charge in [-0.15, -0.1) is 0 Å². The average Bonchev–Trinajstić information content (AvgIpc) is 2.69. The van der Waals surface area contributed by atoms with Crippen molar-refractivity contribution in [3.05, 3.63) is 17.4 Å². The van der Waals surface area contributed by atoms with Crippen LogP contribution >= 0.6 is 0 Å². The molecule has 0 radical (unpaired) electrons. The van der Waals surface area contributed by atoms with Gasteiger partial charge in [0.2, 0.25) is 5.88 Å². The highest BCUT2D eigenvalue weighted by Gasteiger charge is 2.53. The Morgan fingerprint density at radius 1 is 1.17 bits per heavy atom. The maximum Gasteiger partial charge on any atom is 0.208 e. The van der Waals surface area contributed by atoms with Gasteiger partial charge in [0.1, 0.15) is 11.6 Å². The predicted octanol–water partition coefficient (Wildman–Crippen LogP) is 3.20. The van der Waals surface area contributed by atoms with Crippen molar-refractivity contribution in [1.82, 2.24) is 0 Å². The van der Waals surface area contributed by atoms with Crippen LogP contribution in [0.25, 0.3) is 0 Å². The van der Waals surface area contributed by atoms with Crippen LogP contribution in [0.1, 0.15) is 49.7 Å². The zero-order chi connectivity index (χ0) is 12.3. The van der Waals surface area contributed by atoms with Gasteiger partial charge in [0.15, 0.2) is 0 Å². The number of hydrogen-bond donors (Lipinski definition) is 1. The lowest BCUT2D eigenvalue weighted by atomic mass is 9.48. The fraction of sp³-hybridized carbons (Fsp3) is 0.667. The molecular formula is C15H18N2O. The second-order valence-electron chi connectivity index (χ2n) is 6.70. The second kappa shape index (κ2) is 3.32. The van der Waals surface area contributed by atoms with Crippen LogP contribution in [0.4, 0.5) is 5.88 Å². The van der Waals surface area contributed by atoms with E-state index in [1.54, 1.807) is 6.26 Å². The molecule has 4 fully saturated rings. The van der Waals surface area contributed by atoms with Gasteiger partial charge in [-0.25, -0.2) is 0 Å². The van der Waals surface area contributed by atoms with Gasteiger partial charge in [-0.3, -0.25) is 0 Å². The van der Waals surface area contributed by atoms with Gasteiger partial charge >= 0.3 is 0 Å². The molecule has 1 aromatic heterocycles. The third kappa shape index (κ3) is 1.24. The molecule has 0 unspecified atom stereocenters. The van der Waals surface area contributed by atoms with E-state index in [1.165, 1.54) is 38.5 Å². The number of anilines is 1. The van der Waals surface area contributed by atoms with Crippen LogP contribution in [0.15, 0.2) is 10.7 Å². The minimum absolute atomic E-state index is 0.209. The summed E-state index contributed by atoms with van der Waals surface area (Å²) in [7, 11) is 0. The monoisotopic (exact) mass is 242 g/mol. The molecule has 5 rings (SSSR count). The first-order valence-corrected chi connectivity index (χ1v) is 6.98. The molecule has 4 saturated carbocycles. The summed E-state index contributed by atoms with van der Waals surface area (Å²) >= 11 is 0.